The maximum atomic E-state index is 13.1. The number of aromatic nitrogens is 2. The second-order valence-electron chi connectivity index (χ2n) is 6.82. The van der Waals surface area contributed by atoms with Crippen LogP contribution in [0.25, 0.3) is 16.5 Å². The summed E-state index contributed by atoms with van der Waals surface area (Å²) in [5.74, 6) is 0.212. The van der Waals surface area contributed by atoms with Gasteiger partial charge in [0.25, 0.3) is 11.5 Å². The van der Waals surface area contributed by atoms with E-state index in [0.29, 0.717) is 27.9 Å². The molecule has 0 saturated heterocycles. The van der Waals surface area contributed by atoms with E-state index in [0.717, 1.165) is 6.42 Å². The van der Waals surface area contributed by atoms with Gasteiger partial charge in [-0.25, -0.2) is 0 Å². The highest BCUT2D eigenvalue weighted by Gasteiger charge is 2.18. The molecule has 30 heavy (non-hydrogen) atoms. The zero-order valence-corrected chi connectivity index (χ0v) is 16.8. The first-order valence-corrected chi connectivity index (χ1v) is 9.67. The van der Waals surface area contributed by atoms with Crippen LogP contribution in [-0.2, 0) is 6.42 Å². The summed E-state index contributed by atoms with van der Waals surface area (Å²) in [6, 6.07) is 21.6. The van der Waals surface area contributed by atoms with Gasteiger partial charge < -0.3 is 10.1 Å². The van der Waals surface area contributed by atoms with Crippen LogP contribution < -0.4 is 15.6 Å². The van der Waals surface area contributed by atoms with Gasteiger partial charge in [0.15, 0.2) is 5.69 Å². The molecule has 1 amide bonds. The summed E-state index contributed by atoms with van der Waals surface area (Å²) >= 11 is 0. The smallest absolute Gasteiger partial charge is 0.279 e. The summed E-state index contributed by atoms with van der Waals surface area (Å²) in [4.78, 5) is 26.1. The zero-order valence-electron chi connectivity index (χ0n) is 16.8. The van der Waals surface area contributed by atoms with Crippen molar-refractivity contribution < 1.29 is 9.53 Å². The van der Waals surface area contributed by atoms with E-state index in [1.165, 1.54) is 10.2 Å². The maximum absolute atomic E-state index is 13.1. The van der Waals surface area contributed by atoms with Crippen molar-refractivity contribution in [2.24, 2.45) is 0 Å². The number of rotatable bonds is 5. The molecule has 1 N–H and O–H groups in total. The number of amides is 1. The van der Waals surface area contributed by atoms with Crippen LogP contribution in [0, 0.1) is 0 Å². The number of aryl methyl sites for hydroxylation is 1. The third-order valence-corrected chi connectivity index (χ3v) is 4.94. The van der Waals surface area contributed by atoms with Crippen molar-refractivity contribution in [3.8, 4) is 11.4 Å². The molecule has 6 nitrogen and oxygen atoms in total. The van der Waals surface area contributed by atoms with Crippen molar-refractivity contribution in [3.05, 3.63) is 94.4 Å². The third-order valence-electron chi connectivity index (χ3n) is 4.94. The second-order valence-corrected chi connectivity index (χ2v) is 6.82. The zero-order chi connectivity index (χ0) is 21.1. The molecule has 150 valence electrons. The van der Waals surface area contributed by atoms with Gasteiger partial charge in [0, 0.05) is 17.1 Å². The maximum Gasteiger partial charge on any atom is 0.279 e. The van der Waals surface area contributed by atoms with Crippen LogP contribution >= 0.6 is 0 Å². The molecule has 4 aromatic rings. The van der Waals surface area contributed by atoms with E-state index in [1.54, 1.807) is 55.6 Å². The molecule has 0 aliphatic carbocycles. The number of carbonyl (C=O) groups is 1. The predicted molar refractivity (Wildman–Crippen MR) is 118 cm³/mol. The van der Waals surface area contributed by atoms with Crippen molar-refractivity contribution in [1.82, 2.24) is 9.78 Å². The summed E-state index contributed by atoms with van der Waals surface area (Å²) in [6.45, 7) is 2.07. The van der Waals surface area contributed by atoms with E-state index < -0.39 is 0 Å². The van der Waals surface area contributed by atoms with E-state index in [4.69, 9.17) is 4.74 Å². The van der Waals surface area contributed by atoms with Gasteiger partial charge >= 0.3 is 0 Å². The lowest BCUT2D eigenvalue weighted by Gasteiger charge is -2.12. The SMILES string of the molecule is CCc1ccc(NC(=O)c2nn(-c3cccc(OC)c3)c(=O)c3ccccc23)cc1. The van der Waals surface area contributed by atoms with Gasteiger partial charge in [-0.15, -0.1) is 0 Å². The summed E-state index contributed by atoms with van der Waals surface area (Å²) < 4.78 is 6.49. The molecule has 0 fully saturated rings. The number of carbonyl (C=O) groups excluding carboxylic acids is 1. The minimum Gasteiger partial charge on any atom is -0.497 e. The first-order chi connectivity index (χ1) is 14.6. The van der Waals surface area contributed by atoms with Gasteiger partial charge in [0.05, 0.1) is 18.2 Å². The third kappa shape index (κ3) is 3.67. The summed E-state index contributed by atoms with van der Waals surface area (Å²) in [5.41, 5.74) is 2.24. The van der Waals surface area contributed by atoms with Gasteiger partial charge in [-0.05, 0) is 42.3 Å². The van der Waals surface area contributed by atoms with Crippen LogP contribution in [0.5, 0.6) is 5.75 Å². The Hall–Kier alpha value is -3.93. The second kappa shape index (κ2) is 8.21. The molecule has 0 atom stereocenters. The first kappa shape index (κ1) is 19.4. The molecule has 0 aliphatic rings. The summed E-state index contributed by atoms with van der Waals surface area (Å²) in [6.07, 6.45) is 0.923. The fraction of sp³-hybridized carbons (Fsp3) is 0.125. The Morgan fingerprint density at radius 1 is 1.00 bits per heavy atom. The van der Waals surface area contributed by atoms with E-state index in [2.05, 4.69) is 17.3 Å². The van der Waals surface area contributed by atoms with Crippen LogP contribution in [0.4, 0.5) is 5.69 Å². The minimum atomic E-state index is -0.382. The van der Waals surface area contributed by atoms with E-state index in [-0.39, 0.29) is 17.2 Å². The molecule has 3 aromatic carbocycles. The number of anilines is 1. The van der Waals surface area contributed by atoms with Crippen LogP contribution in [0.3, 0.4) is 0 Å². The average Bonchev–Trinajstić information content (AvgIpc) is 2.80. The monoisotopic (exact) mass is 399 g/mol. The average molecular weight is 399 g/mol. The normalized spacial score (nSPS) is 10.7. The quantitative estimate of drug-likeness (QED) is 0.546. The molecule has 4 rings (SSSR count). The number of hydrogen-bond acceptors (Lipinski definition) is 4. The number of fused-ring (bicyclic) bond motifs is 1. The fourth-order valence-corrected chi connectivity index (χ4v) is 3.29. The Kier molecular flexibility index (Phi) is 5.30. The van der Waals surface area contributed by atoms with E-state index in [9.17, 15) is 9.59 Å². The number of hydrogen-bond donors (Lipinski definition) is 1. The summed E-state index contributed by atoms with van der Waals surface area (Å²) in [7, 11) is 1.55. The molecule has 0 radical (unpaired) electrons. The number of ether oxygens (including phenoxy) is 1. The Bertz CT molecular complexity index is 1280. The van der Waals surface area contributed by atoms with Crippen molar-refractivity contribution >= 4 is 22.4 Å². The van der Waals surface area contributed by atoms with E-state index >= 15 is 0 Å². The molecule has 1 aromatic heterocycles. The number of methoxy groups -OCH3 is 1. The number of nitrogens with zero attached hydrogens (tertiary/aromatic N) is 2. The summed E-state index contributed by atoms with van der Waals surface area (Å²) in [5, 5.41) is 8.22. The van der Waals surface area contributed by atoms with Gasteiger partial charge in [-0.2, -0.15) is 9.78 Å². The molecule has 0 bridgehead atoms. The van der Waals surface area contributed by atoms with Crippen molar-refractivity contribution in [3.63, 3.8) is 0 Å². The van der Waals surface area contributed by atoms with Crippen LogP contribution in [0.15, 0.2) is 77.6 Å². The van der Waals surface area contributed by atoms with Gasteiger partial charge in [0.2, 0.25) is 0 Å². The Balaban J connectivity index is 1.82. The number of benzene rings is 3. The van der Waals surface area contributed by atoms with Gasteiger partial charge in [-0.1, -0.05) is 43.3 Å². The standard InChI is InChI=1S/C24H21N3O3/c1-3-16-11-13-17(14-12-16)25-23(28)22-20-9-4-5-10-21(20)24(29)27(26-22)18-7-6-8-19(15-18)30-2/h4-15H,3H2,1-2H3,(H,25,28). The topological polar surface area (TPSA) is 73.2 Å². The highest BCUT2D eigenvalue weighted by atomic mass is 16.5. The minimum absolute atomic E-state index is 0.174. The van der Waals surface area contributed by atoms with Gasteiger partial charge in [0.1, 0.15) is 5.75 Å². The molecular weight excluding hydrogens is 378 g/mol. The van der Waals surface area contributed by atoms with E-state index in [1.807, 2.05) is 24.3 Å². The number of nitrogens with one attached hydrogen (secondary N) is 1. The molecule has 1 heterocycles. The Morgan fingerprint density at radius 3 is 2.43 bits per heavy atom. The first-order valence-electron chi connectivity index (χ1n) is 9.67. The van der Waals surface area contributed by atoms with Crippen molar-refractivity contribution in [2.45, 2.75) is 13.3 Å². The molecule has 6 heteroatoms. The van der Waals surface area contributed by atoms with Crippen LogP contribution in [0.2, 0.25) is 0 Å². The van der Waals surface area contributed by atoms with Crippen LogP contribution in [-0.4, -0.2) is 22.8 Å². The molecule has 0 unspecified atom stereocenters. The van der Waals surface area contributed by atoms with Crippen LogP contribution in [0.1, 0.15) is 23.0 Å². The predicted octanol–water partition coefficient (Wildman–Crippen LogP) is 4.21. The lowest BCUT2D eigenvalue weighted by molar-refractivity contribution is 0.102. The fourth-order valence-electron chi connectivity index (χ4n) is 3.29. The lowest BCUT2D eigenvalue weighted by atomic mass is 10.1. The highest BCUT2D eigenvalue weighted by Crippen LogP contribution is 2.19. The molecule has 0 spiro atoms. The molecular formula is C24H21N3O3. The largest absolute Gasteiger partial charge is 0.497 e. The van der Waals surface area contributed by atoms with Crippen molar-refractivity contribution in [1.29, 1.82) is 0 Å². The lowest BCUT2D eigenvalue weighted by Crippen LogP contribution is -2.26. The van der Waals surface area contributed by atoms with Crippen molar-refractivity contribution in [2.75, 3.05) is 12.4 Å². The highest BCUT2D eigenvalue weighted by molar-refractivity contribution is 6.11. The Morgan fingerprint density at radius 2 is 1.73 bits per heavy atom. The molecule has 0 aliphatic heterocycles. The molecule has 0 saturated carbocycles. The van der Waals surface area contributed by atoms with Gasteiger partial charge in [-0.3, -0.25) is 9.59 Å². The Labute approximate surface area is 173 Å².